The monoisotopic (exact) mass is 281 g/mol. The fourth-order valence-corrected chi connectivity index (χ4v) is 2.68. The zero-order chi connectivity index (χ0) is 11.0. The third-order valence-electron chi connectivity index (χ3n) is 3.02. The van der Waals surface area contributed by atoms with E-state index in [9.17, 15) is 0 Å². The van der Waals surface area contributed by atoms with Crippen molar-refractivity contribution in [3.8, 4) is 0 Å². The number of rotatable bonds is 1. The lowest BCUT2D eigenvalue weighted by Gasteiger charge is -2.28. The predicted octanol–water partition coefficient (Wildman–Crippen LogP) is 2.98. The molecule has 0 aliphatic carbocycles. The molecule has 0 amide bonds. The molecule has 0 radical (unpaired) electrons. The van der Waals surface area contributed by atoms with Crippen LogP contribution >= 0.6 is 15.9 Å². The molecule has 0 atom stereocenters. The molecule has 1 aliphatic rings. The molecule has 1 fully saturated rings. The van der Waals surface area contributed by atoms with E-state index in [-0.39, 0.29) is 0 Å². The van der Waals surface area contributed by atoms with Gasteiger partial charge in [0, 0.05) is 18.8 Å². The van der Waals surface area contributed by atoms with Gasteiger partial charge < -0.3 is 4.90 Å². The van der Waals surface area contributed by atoms with Crippen molar-refractivity contribution in [2.24, 2.45) is 0 Å². The van der Waals surface area contributed by atoms with E-state index in [4.69, 9.17) is 4.63 Å². The molecule has 0 bridgehead atoms. The fourth-order valence-electron chi connectivity index (χ4n) is 2.17. The third kappa shape index (κ3) is 1.69. The van der Waals surface area contributed by atoms with E-state index in [0.717, 1.165) is 28.6 Å². The third-order valence-corrected chi connectivity index (χ3v) is 3.63. The highest BCUT2D eigenvalue weighted by Gasteiger charge is 2.14. The van der Waals surface area contributed by atoms with Crippen molar-refractivity contribution in [2.75, 3.05) is 18.0 Å². The molecule has 0 spiro atoms. The number of hydrogen-bond donors (Lipinski definition) is 0. The Morgan fingerprint density at radius 1 is 1.12 bits per heavy atom. The van der Waals surface area contributed by atoms with Crippen LogP contribution in [0.4, 0.5) is 5.69 Å². The second-order valence-corrected chi connectivity index (χ2v) is 4.96. The Hall–Kier alpha value is -1.10. The zero-order valence-corrected chi connectivity index (χ0v) is 10.4. The topological polar surface area (TPSA) is 42.2 Å². The molecular weight excluding hydrogens is 270 g/mol. The summed E-state index contributed by atoms with van der Waals surface area (Å²) < 4.78 is 5.69. The predicted molar refractivity (Wildman–Crippen MR) is 65.6 cm³/mol. The average Bonchev–Trinajstić information content (AvgIpc) is 2.79. The van der Waals surface area contributed by atoms with Crippen LogP contribution in [0.1, 0.15) is 19.3 Å². The molecule has 84 valence electrons. The molecule has 1 aromatic heterocycles. The van der Waals surface area contributed by atoms with Gasteiger partial charge in [0.2, 0.25) is 0 Å². The summed E-state index contributed by atoms with van der Waals surface area (Å²) in [4.78, 5) is 2.39. The first-order chi connectivity index (χ1) is 7.84. The van der Waals surface area contributed by atoms with E-state index in [1.54, 1.807) is 0 Å². The summed E-state index contributed by atoms with van der Waals surface area (Å²) in [7, 11) is 0. The molecule has 0 saturated carbocycles. The molecule has 0 N–H and O–H groups in total. The van der Waals surface area contributed by atoms with E-state index in [2.05, 4.69) is 37.2 Å². The Labute approximate surface area is 102 Å². The molecule has 2 aromatic rings. The second kappa shape index (κ2) is 4.05. The first-order valence-corrected chi connectivity index (χ1v) is 6.31. The standard InChI is InChI=1S/C11H12BrN3O/c12-9-6-8(15-4-2-1-3-5-15)7-10-11(9)14-16-13-10/h6-7H,1-5H2. The highest BCUT2D eigenvalue weighted by molar-refractivity contribution is 9.10. The summed E-state index contributed by atoms with van der Waals surface area (Å²) in [5.41, 5.74) is 2.81. The van der Waals surface area contributed by atoms with Gasteiger partial charge in [0.25, 0.3) is 0 Å². The highest BCUT2D eigenvalue weighted by atomic mass is 79.9. The van der Waals surface area contributed by atoms with E-state index in [0.29, 0.717) is 0 Å². The van der Waals surface area contributed by atoms with Crippen LogP contribution in [0.15, 0.2) is 21.2 Å². The van der Waals surface area contributed by atoms with Gasteiger partial charge in [-0.1, -0.05) is 0 Å². The molecule has 16 heavy (non-hydrogen) atoms. The molecular formula is C11H12BrN3O. The minimum atomic E-state index is 0.792. The summed E-state index contributed by atoms with van der Waals surface area (Å²) in [6.07, 6.45) is 3.88. The largest absolute Gasteiger partial charge is 0.371 e. The summed E-state index contributed by atoms with van der Waals surface area (Å²) in [5.74, 6) is 0. The second-order valence-electron chi connectivity index (χ2n) is 4.11. The number of fused-ring (bicyclic) bond motifs is 1. The molecule has 5 heteroatoms. The van der Waals surface area contributed by atoms with Crippen LogP contribution in [-0.2, 0) is 0 Å². The number of benzene rings is 1. The molecule has 3 rings (SSSR count). The van der Waals surface area contributed by atoms with Gasteiger partial charge in [0.1, 0.15) is 11.0 Å². The summed E-state index contributed by atoms with van der Waals surface area (Å²) in [6, 6.07) is 4.14. The Balaban J connectivity index is 2.02. The van der Waals surface area contributed by atoms with Gasteiger partial charge in [-0.15, -0.1) is 0 Å². The smallest absolute Gasteiger partial charge is 0.149 e. The van der Waals surface area contributed by atoms with Crippen molar-refractivity contribution >= 4 is 32.7 Å². The minimum absolute atomic E-state index is 0.792. The van der Waals surface area contributed by atoms with Gasteiger partial charge in [0.05, 0.1) is 4.47 Å². The first-order valence-electron chi connectivity index (χ1n) is 5.51. The zero-order valence-electron chi connectivity index (χ0n) is 8.82. The van der Waals surface area contributed by atoms with Crippen molar-refractivity contribution in [1.29, 1.82) is 0 Å². The fraction of sp³-hybridized carbons (Fsp3) is 0.455. The summed E-state index contributed by atoms with van der Waals surface area (Å²) in [6.45, 7) is 2.26. The number of halogens is 1. The van der Waals surface area contributed by atoms with E-state index in [1.807, 2.05) is 6.07 Å². The highest BCUT2D eigenvalue weighted by Crippen LogP contribution is 2.29. The number of aromatic nitrogens is 2. The molecule has 1 saturated heterocycles. The van der Waals surface area contributed by atoms with Crippen molar-refractivity contribution in [1.82, 2.24) is 10.3 Å². The maximum Gasteiger partial charge on any atom is 0.149 e. The number of nitrogens with zero attached hydrogens (tertiary/aromatic N) is 3. The van der Waals surface area contributed by atoms with Gasteiger partial charge in [-0.05, 0) is 57.6 Å². The van der Waals surface area contributed by atoms with Gasteiger partial charge in [-0.3, -0.25) is 0 Å². The Bertz CT molecular complexity index is 505. The van der Waals surface area contributed by atoms with Crippen LogP contribution in [0.3, 0.4) is 0 Å². The molecule has 0 unspecified atom stereocenters. The summed E-state index contributed by atoms with van der Waals surface area (Å²) in [5, 5.41) is 7.75. The van der Waals surface area contributed by atoms with Crippen LogP contribution in [0, 0.1) is 0 Å². The molecule has 1 aromatic carbocycles. The van der Waals surface area contributed by atoms with Crippen molar-refractivity contribution in [2.45, 2.75) is 19.3 Å². The Kier molecular flexibility index (Phi) is 2.55. The maximum absolute atomic E-state index is 4.74. The Morgan fingerprint density at radius 3 is 2.75 bits per heavy atom. The number of piperidine rings is 1. The van der Waals surface area contributed by atoms with Gasteiger partial charge in [0.15, 0.2) is 0 Å². The van der Waals surface area contributed by atoms with Crippen LogP contribution < -0.4 is 4.90 Å². The van der Waals surface area contributed by atoms with E-state index in [1.165, 1.54) is 24.9 Å². The molecule has 2 heterocycles. The lowest BCUT2D eigenvalue weighted by molar-refractivity contribution is 0.315. The van der Waals surface area contributed by atoms with Crippen LogP contribution in [-0.4, -0.2) is 23.4 Å². The quantitative estimate of drug-likeness (QED) is 0.806. The SMILES string of the molecule is Brc1cc(N2CCCCC2)cc2nonc12. The van der Waals surface area contributed by atoms with Gasteiger partial charge >= 0.3 is 0 Å². The lowest BCUT2D eigenvalue weighted by atomic mass is 10.1. The summed E-state index contributed by atoms with van der Waals surface area (Å²) >= 11 is 3.50. The van der Waals surface area contributed by atoms with Gasteiger partial charge in [-0.25, -0.2) is 4.63 Å². The van der Waals surface area contributed by atoms with Crippen molar-refractivity contribution in [3.05, 3.63) is 16.6 Å². The van der Waals surface area contributed by atoms with Crippen molar-refractivity contribution in [3.63, 3.8) is 0 Å². The van der Waals surface area contributed by atoms with Gasteiger partial charge in [-0.2, -0.15) is 0 Å². The van der Waals surface area contributed by atoms with Crippen LogP contribution in [0.25, 0.3) is 11.0 Å². The van der Waals surface area contributed by atoms with Crippen LogP contribution in [0.5, 0.6) is 0 Å². The lowest BCUT2D eigenvalue weighted by Crippen LogP contribution is -2.29. The van der Waals surface area contributed by atoms with Crippen LogP contribution in [0.2, 0.25) is 0 Å². The molecule has 1 aliphatic heterocycles. The molecule has 4 nitrogen and oxygen atoms in total. The Morgan fingerprint density at radius 2 is 1.94 bits per heavy atom. The van der Waals surface area contributed by atoms with E-state index < -0.39 is 0 Å². The first kappa shape index (κ1) is 10.1. The number of anilines is 1. The van der Waals surface area contributed by atoms with E-state index >= 15 is 0 Å². The normalized spacial score (nSPS) is 16.9. The number of hydrogen-bond acceptors (Lipinski definition) is 4. The maximum atomic E-state index is 4.74. The average molecular weight is 282 g/mol. The van der Waals surface area contributed by atoms with Crippen molar-refractivity contribution < 1.29 is 4.63 Å². The minimum Gasteiger partial charge on any atom is -0.371 e.